The van der Waals surface area contributed by atoms with Gasteiger partial charge >= 0.3 is 0 Å². The van der Waals surface area contributed by atoms with Crippen LogP contribution in [0, 0.1) is 11.3 Å². The van der Waals surface area contributed by atoms with Crippen LogP contribution in [0.25, 0.3) is 0 Å². The first-order valence-corrected chi connectivity index (χ1v) is 7.94. The monoisotopic (exact) mass is 245 g/mol. The largest absolute Gasteiger partial charge is 0.316 e. The zero-order valence-corrected chi connectivity index (χ0v) is 12.0. The van der Waals surface area contributed by atoms with Gasteiger partial charge in [-0.3, -0.25) is 4.21 Å². The Balaban J connectivity index is 2.36. The van der Waals surface area contributed by atoms with E-state index in [0.29, 0.717) is 6.04 Å². The summed E-state index contributed by atoms with van der Waals surface area (Å²) in [5, 5.41) is 3.30. The molecule has 96 valence electrons. The van der Waals surface area contributed by atoms with E-state index in [9.17, 15) is 4.21 Å². The van der Waals surface area contributed by atoms with Crippen LogP contribution in [0.4, 0.5) is 0 Å². The fourth-order valence-electron chi connectivity index (χ4n) is 2.46. The van der Waals surface area contributed by atoms with Crippen LogP contribution >= 0.6 is 0 Å². The maximum absolute atomic E-state index is 12.1. The summed E-state index contributed by atoms with van der Waals surface area (Å²) in [6, 6.07) is 0.356. The van der Waals surface area contributed by atoms with E-state index in [4.69, 9.17) is 0 Å². The van der Waals surface area contributed by atoms with E-state index < -0.39 is 10.8 Å². The van der Waals surface area contributed by atoms with Gasteiger partial charge in [0.25, 0.3) is 0 Å². The molecule has 1 saturated carbocycles. The lowest BCUT2D eigenvalue weighted by Crippen LogP contribution is -2.42. The van der Waals surface area contributed by atoms with Gasteiger partial charge in [0.15, 0.2) is 0 Å². The molecule has 1 rings (SSSR count). The van der Waals surface area contributed by atoms with E-state index in [-0.39, 0.29) is 5.41 Å². The molecule has 0 bridgehead atoms. The lowest BCUT2D eigenvalue weighted by molar-refractivity contribution is 0.304. The Labute approximate surface area is 103 Å². The molecule has 0 aliphatic heterocycles. The number of rotatable bonds is 5. The van der Waals surface area contributed by atoms with Gasteiger partial charge in [0.05, 0.1) is 0 Å². The normalized spacial score (nSPS) is 22.2. The van der Waals surface area contributed by atoms with E-state index in [1.165, 1.54) is 25.7 Å². The Morgan fingerprint density at radius 1 is 1.31 bits per heavy atom. The van der Waals surface area contributed by atoms with Gasteiger partial charge in [-0.25, -0.2) is 0 Å². The van der Waals surface area contributed by atoms with Gasteiger partial charge in [0.1, 0.15) is 0 Å². The smallest absolute Gasteiger partial charge is 0.0393 e. The molecule has 0 radical (unpaired) electrons. The third-order valence-electron chi connectivity index (χ3n) is 3.64. The Hall–Kier alpha value is 0.110. The first-order valence-electron chi connectivity index (χ1n) is 6.45. The van der Waals surface area contributed by atoms with Gasteiger partial charge in [-0.1, -0.05) is 33.6 Å². The van der Waals surface area contributed by atoms with Gasteiger partial charge in [-0.05, 0) is 31.2 Å². The Morgan fingerprint density at radius 2 is 1.88 bits per heavy atom. The first-order chi connectivity index (χ1) is 7.43. The molecule has 0 spiro atoms. The third kappa shape index (κ3) is 4.54. The van der Waals surface area contributed by atoms with Crippen molar-refractivity contribution in [3.05, 3.63) is 0 Å². The molecule has 1 aliphatic carbocycles. The zero-order valence-electron chi connectivity index (χ0n) is 11.2. The molecule has 0 aromatic rings. The molecule has 2 atom stereocenters. The minimum Gasteiger partial charge on any atom is -0.316 e. The van der Waals surface area contributed by atoms with Crippen LogP contribution in [0.15, 0.2) is 0 Å². The number of hydrogen-bond acceptors (Lipinski definition) is 2. The lowest BCUT2D eigenvalue weighted by Gasteiger charge is -2.30. The summed E-state index contributed by atoms with van der Waals surface area (Å²) in [6.07, 6.45) is 5.28. The van der Waals surface area contributed by atoms with Crippen LogP contribution in [0.5, 0.6) is 0 Å². The van der Waals surface area contributed by atoms with Crippen molar-refractivity contribution in [2.24, 2.45) is 11.3 Å². The summed E-state index contributed by atoms with van der Waals surface area (Å²) < 4.78 is 12.1. The average molecular weight is 245 g/mol. The van der Waals surface area contributed by atoms with E-state index >= 15 is 0 Å². The second-order valence-electron chi connectivity index (χ2n) is 6.13. The third-order valence-corrected chi connectivity index (χ3v) is 5.19. The van der Waals surface area contributed by atoms with Crippen molar-refractivity contribution in [3.63, 3.8) is 0 Å². The van der Waals surface area contributed by atoms with Crippen LogP contribution in [0.3, 0.4) is 0 Å². The molecule has 2 nitrogen and oxygen atoms in total. The SMILES string of the molecule is CNC(CS(=O)CC1CCCC1)C(C)(C)C. The predicted molar refractivity (Wildman–Crippen MR) is 72.1 cm³/mol. The topological polar surface area (TPSA) is 29.1 Å². The van der Waals surface area contributed by atoms with Crippen molar-refractivity contribution in [3.8, 4) is 0 Å². The molecule has 0 saturated heterocycles. The van der Waals surface area contributed by atoms with Crippen molar-refractivity contribution < 1.29 is 4.21 Å². The standard InChI is InChI=1S/C13H27NOS/c1-13(2,3)12(14-4)10-16(15)9-11-7-5-6-8-11/h11-12,14H,5-10H2,1-4H3. The van der Waals surface area contributed by atoms with E-state index in [1.807, 2.05) is 7.05 Å². The molecule has 0 amide bonds. The minimum atomic E-state index is -0.649. The summed E-state index contributed by atoms with van der Waals surface area (Å²) in [7, 11) is 1.33. The molecule has 1 aliphatic rings. The van der Waals surface area contributed by atoms with Crippen LogP contribution in [0.1, 0.15) is 46.5 Å². The van der Waals surface area contributed by atoms with Crippen molar-refractivity contribution in [2.75, 3.05) is 18.6 Å². The van der Waals surface area contributed by atoms with Gasteiger partial charge in [0, 0.05) is 28.3 Å². The quantitative estimate of drug-likeness (QED) is 0.806. The molecule has 0 aromatic heterocycles. The molecular weight excluding hydrogens is 218 g/mol. The summed E-state index contributed by atoms with van der Waals surface area (Å²) >= 11 is 0. The second kappa shape index (κ2) is 6.15. The van der Waals surface area contributed by atoms with Gasteiger partial charge < -0.3 is 5.32 Å². The van der Waals surface area contributed by atoms with Crippen LogP contribution in [0.2, 0.25) is 0 Å². The van der Waals surface area contributed by atoms with Crippen molar-refractivity contribution in [1.82, 2.24) is 5.32 Å². The maximum atomic E-state index is 12.1. The molecule has 2 unspecified atom stereocenters. The Morgan fingerprint density at radius 3 is 2.31 bits per heavy atom. The fourth-order valence-corrected chi connectivity index (χ4v) is 4.49. The predicted octanol–water partition coefficient (Wildman–Crippen LogP) is 2.56. The Kier molecular flexibility index (Phi) is 5.45. The highest BCUT2D eigenvalue weighted by molar-refractivity contribution is 7.85. The summed E-state index contributed by atoms with van der Waals surface area (Å²) in [5.74, 6) is 2.46. The highest BCUT2D eigenvalue weighted by Crippen LogP contribution is 2.26. The average Bonchev–Trinajstić information content (AvgIpc) is 2.64. The van der Waals surface area contributed by atoms with Crippen LogP contribution in [-0.4, -0.2) is 28.8 Å². The second-order valence-corrected chi connectivity index (χ2v) is 7.68. The van der Waals surface area contributed by atoms with Gasteiger partial charge in [0.2, 0.25) is 0 Å². The highest BCUT2D eigenvalue weighted by atomic mass is 32.2. The van der Waals surface area contributed by atoms with Crippen molar-refractivity contribution >= 4 is 10.8 Å². The van der Waals surface area contributed by atoms with E-state index in [1.54, 1.807) is 0 Å². The molecule has 1 fully saturated rings. The van der Waals surface area contributed by atoms with Crippen molar-refractivity contribution in [1.29, 1.82) is 0 Å². The van der Waals surface area contributed by atoms with Gasteiger partial charge in [-0.2, -0.15) is 0 Å². The summed E-state index contributed by atoms with van der Waals surface area (Å²) in [6.45, 7) is 6.63. The maximum Gasteiger partial charge on any atom is 0.0393 e. The number of nitrogens with one attached hydrogen (secondary N) is 1. The minimum absolute atomic E-state index is 0.195. The van der Waals surface area contributed by atoms with E-state index in [2.05, 4.69) is 26.1 Å². The summed E-state index contributed by atoms with van der Waals surface area (Å²) in [5.41, 5.74) is 0.195. The lowest BCUT2D eigenvalue weighted by atomic mass is 9.88. The van der Waals surface area contributed by atoms with Crippen LogP contribution in [-0.2, 0) is 10.8 Å². The van der Waals surface area contributed by atoms with Gasteiger partial charge in [-0.15, -0.1) is 0 Å². The fraction of sp³-hybridized carbons (Fsp3) is 1.00. The molecule has 0 aromatic carbocycles. The molecule has 1 N–H and O–H groups in total. The molecule has 3 heteroatoms. The van der Waals surface area contributed by atoms with Crippen LogP contribution < -0.4 is 5.32 Å². The number of hydrogen-bond donors (Lipinski definition) is 1. The van der Waals surface area contributed by atoms with E-state index in [0.717, 1.165) is 17.4 Å². The Bertz CT molecular complexity index is 229. The molecule has 0 heterocycles. The summed E-state index contributed by atoms with van der Waals surface area (Å²) in [4.78, 5) is 0. The first kappa shape index (κ1) is 14.2. The highest BCUT2D eigenvalue weighted by Gasteiger charge is 2.26. The molecular formula is C13H27NOS. The van der Waals surface area contributed by atoms with Crippen molar-refractivity contribution in [2.45, 2.75) is 52.5 Å². The zero-order chi connectivity index (χ0) is 12.2. The molecule has 16 heavy (non-hydrogen) atoms.